The lowest BCUT2D eigenvalue weighted by molar-refractivity contribution is 0.0829. The molecule has 0 bridgehead atoms. The number of carbonyl (C=O) groups is 1. The number of nitrogens with one attached hydrogen (secondary N) is 2. The average Bonchev–Trinajstić information content (AvgIpc) is 3.21. The van der Waals surface area contributed by atoms with Crippen molar-refractivity contribution in [3.63, 3.8) is 0 Å². The van der Waals surface area contributed by atoms with Crippen molar-refractivity contribution in [3.05, 3.63) is 35.7 Å². The molecule has 4 rings (SSSR count). The standard InChI is InChI=1S/C18H23N5O2/c1-11-5-7-19-15(9-11)23-16(10-12(2)22-23)21-18(24)20-14-6-8-25-17(14)13-3-4-13/h5,7,9-10,13-14,17H,3-4,6,8H2,1-2H3,(H2,20,21,24)/t14-,17-/m1/s1. The molecule has 0 radical (unpaired) electrons. The van der Waals surface area contributed by atoms with Crippen molar-refractivity contribution in [2.75, 3.05) is 11.9 Å². The van der Waals surface area contributed by atoms with Crippen LogP contribution in [0, 0.1) is 19.8 Å². The summed E-state index contributed by atoms with van der Waals surface area (Å²) in [5.41, 5.74) is 1.91. The fraction of sp³-hybridized carbons (Fsp3) is 0.500. The van der Waals surface area contributed by atoms with Gasteiger partial charge >= 0.3 is 6.03 Å². The summed E-state index contributed by atoms with van der Waals surface area (Å²) < 4.78 is 7.44. The summed E-state index contributed by atoms with van der Waals surface area (Å²) in [5.74, 6) is 1.90. The molecular formula is C18H23N5O2. The van der Waals surface area contributed by atoms with Crippen molar-refractivity contribution < 1.29 is 9.53 Å². The molecule has 0 spiro atoms. The Morgan fingerprint density at radius 1 is 1.28 bits per heavy atom. The second kappa shape index (κ2) is 6.48. The van der Waals surface area contributed by atoms with Gasteiger partial charge in [-0.3, -0.25) is 5.32 Å². The molecule has 2 amide bonds. The van der Waals surface area contributed by atoms with Crippen LogP contribution >= 0.6 is 0 Å². The van der Waals surface area contributed by atoms with E-state index in [1.165, 1.54) is 12.8 Å². The lowest BCUT2D eigenvalue weighted by Gasteiger charge is -2.19. The van der Waals surface area contributed by atoms with Crippen LogP contribution in [-0.2, 0) is 4.74 Å². The summed E-state index contributed by atoms with van der Waals surface area (Å²) >= 11 is 0. The molecule has 132 valence electrons. The zero-order chi connectivity index (χ0) is 17.4. The topological polar surface area (TPSA) is 81.1 Å². The van der Waals surface area contributed by atoms with Gasteiger partial charge in [0.25, 0.3) is 0 Å². The van der Waals surface area contributed by atoms with E-state index in [0.29, 0.717) is 17.6 Å². The molecule has 0 unspecified atom stereocenters. The number of anilines is 1. The summed E-state index contributed by atoms with van der Waals surface area (Å²) in [6, 6.07) is 5.56. The summed E-state index contributed by atoms with van der Waals surface area (Å²) in [6.45, 7) is 4.61. The molecule has 2 atom stereocenters. The summed E-state index contributed by atoms with van der Waals surface area (Å²) in [4.78, 5) is 16.8. The number of aryl methyl sites for hydroxylation is 2. The highest BCUT2D eigenvalue weighted by molar-refractivity contribution is 5.89. The molecule has 3 heterocycles. The van der Waals surface area contributed by atoms with Crippen LogP contribution in [0.2, 0.25) is 0 Å². The van der Waals surface area contributed by atoms with E-state index < -0.39 is 0 Å². The average molecular weight is 341 g/mol. The normalized spacial score (nSPS) is 22.8. The molecule has 1 aliphatic heterocycles. The number of rotatable bonds is 4. The third-order valence-corrected chi connectivity index (χ3v) is 4.73. The first kappa shape index (κ1) is 16.1. The number of pyridine rings is 1. The molecule has 2 aromatic heterocycles. The Balaban J connectivity index is 1.48. The van der Waals surface area contributed by atoms with Crippen molar-refractivity contribution in [2.45, 2.75) is 45.3 Å². The van der Waals surface area contributed by atoms with Gasteiger partial charge in [-0.1, -0.05) is 0 Å². The molecule has 1 aliphatic carbocycles. The van der Waals surface area contributed by atoms with Crippen LogP contribution in [0.25, 0.3) is 5.82 Å². The van der Waals surface area contributed by atoms with Gasteiger partial charge < -0.3 is 10.1 Å². The number of ether oxygens (including phenoxy) is 1. The molecule has 25 heavy (non-hydrogen) atoms. The Kier molecular flexibility index (Phi) is 4.17. The van der Waals surface area contributed by atoms with Gasteiger partial charge in [0.2, 0.25) is 0 Å². The molecule has 7 heteroatoms. The maximum atomic E-state index is 12.5. The minimum absolute atomic E-state index is 0.0852. The molecule has 7 nitrogen and oxygen atoms in total. The van der Waals surface area contributed by atoms with Crippen molar-refractivity contribution in [1.29, 1.82) is 0 Å². The Hall–Kier alpha value is -2.41. The Bertz CT molecular complexity index is 784. The number of nitrogens with zero attached hydrogens (tertiary/aromatic N) is 3. The zero-order valence-corrected chi connectivity index (χ0v) is 14.5. The lowest BCUT2D eigenvalue weighted by atomic mass is 10.1. The number of carbonyl (C=O) groups excluding carboxylic acids is 1. The highest BCUT2D eigenvalue weighted by Gasteiger charge is 2.41. The largest absolute Gasteiger partial charge is 0.376 e. The molecule has 2 fully saturated rings. The van der Waals surface area contributed by atoms with Gasteiger partial charge in [0, 0.05) is 18.9 Å². The number of hydrogen-bond donors (Lipinski definition) is 2. The Labute approximate surface area is 146 Å². The number of urea groups is 1. The Morgan fingerprint density at radius 3 is 2.88 bits per heavy atom. The second-order valence-corrected chi connectivity index (χ2v) is 6.94. The smallest absolute Gasteiger partial charge is 0.320 e. The van der Waals surface area contributed by atoms with Crippen molar-refractivity contribution in [1.82, 2.24) is 20.1 Å². The minimum atomic E-state index is -0.227. The maximum Gasteiger partial charge on any atom is 0.320 e. The first-order valence-corrected chi connectivity index (χ1v) is 8.79. The Morgan fingerprint density at radius 2 is 2.12 bits per heavy atom. The van der Waals surface area contributed by atoms with Gasteiger partial charge in [0.1, 0.15) is 5.82 Å². The first-order valence-electron chi connectivity index (χ1n) is 8.79. The van der Waals surface area contributed by atoms with Crippen LogP contribution in [0.1, 0.15) is 30.5 Å². The number of amides is 2. The minimum Gasteiger partial charge on any atom is -0.376 e. The van der Waals surface area contributed by atoms with Gasteiger partial charge in [0.15, 0.2) is 5.82 Å². The van der Waals surface area contributed by atoms with Gasteiger partial charge in [0.05, 0.1) is 17.8 Å². The van der Waals surface area contributed by atoms with Crippen LogP contribution < -0.4 is 10.6 Å². The molecule has 2 aromatic rings. The molecule has 2 aliphatic rings. The maximum absolute atomic E-state index is 12.5. The molecule has 1 saturated heterocycles. The molecular weight excluding hydrogens is 318 g/mol. The number of hydrogen-bond acceptors (Lipinski definition) is 4. The SMILES string of the molecule is Cc1ccnc(-n2nc(C)cc2NC(=O)N[C@@H]2CCO[C@@H]2C2CC2)c1. The van der Waals surface area contributed by atoms with Crippen molar-refractivity contribution in [3.8, 4) is 5.82 Å². The van der Waals surface area contributed by atoms with Crippen molar-refractivity contribution in [2.24, 2.45) is 5.92 Å². The zero-order valence-electron chi connectivity index (χ0n) is 14.5. The summed E-state index contributed by atoms with van der Waals surface area (Å²) in [6.07, 6.45) is 5.18. The van der Waals surface area contributed by atoms with E-state index in [9.17, 15) is 4.79 Å². The van der Waals surface area contributed by atoms with Crippen molar-refractivity contribution >= 4 is 11.8 Å². The van der Waals surface area contributed by atoms with Crippen LogP contribution in [-0.4, -0.2) is 39.5 Å². The second-order valence-electron chi connectivity index (χ2n) is 6.94. The molecule has 2 N–H and O–H groups in total. The van der Waals surface area contributed by atoms with Crippen LogP contribution in [0.15, 0.2) is 24.4 Å². The highest BCUT2D eigenvalue weighted by Crippen LogP contribution is 2.38. The lowest BCUT2D eigenvalue weighted by Crippen LogP contribution is -2.43. The predicted molar refractivity (Wildman–Crippen MR) is 93.9 cm³/mol. The van der Waals surface area contributed by atoms with Crippen LogP contribution in [0.4, 0.5) is 10.6 Å². The van der Waals surface area contributed by atoms with Gasteiger partial charge in [-0.2, -0.15) is 9.78 Å². The predicted octanol–water partition coefficient (Wildman–Crippen LogP) is 2.57. The van der Waals surface area contributed by atoms with Gasteiger partial charge in [-0.15, -0.1) is 0 Å². The van der Waals surface area contributed by atoms with E-state index in [0.717, 1.165) is 24.3 Å². The van der Waals surface area contributed by atoms with E-state index in [4.69, 9.17) is 4.74 Å². The quantitative estimate of drug-likeness (QED) is 0.895. The first-order chi connectivity index (χ1) is 12.1. The highest BCUT2D eigenvalue weighted by atomic mass is 16.5. The molecule has 1 saturated carbocycles. The third-order valence-electron chi connectivity index (χ3n) is 4.73. The van der Waals surface area contributed by atoms with E-state index in [1.54, 1.807) is 10.9 Å². The summed E-state index contributed by atoms with van der Waals surface area (Å²) in [7, 11) is 0. The van der Waals surface area contributed by atoms with Gasteiger partial charge in [-0.25, -0.2) is 9.78 Å². The van der Waals surface area contributed by atoms with Crippen LogP contribution in [0.3, 0.4) is 0 Å². The monoisotopic (exact) mass is 341 g/mol. The van der Waals surface area contributed by atoms with E-state index in [1.807, 2.05) is 32.0 Å². The fourth-order valence-electron chi connectivity index (χ4n) is 3.38. The number of aromatic nitrogens is 3. The van der Waals surface area contributed by atoms with Crippen LogP contribution in [0.5, 0.6) is 0 Å². The fourth-order valence-corrected chi connectivity index (χ4v) is 3.38. The summed E-state index contributed by atoms with van der Waals surface area (Å²) in [5, 5.41) is 10.4. The van der Waals surface area contributed by atoms with E-state index in [-0.39, 0.29) is 18.2 Å². The molecule has 0 aromatic carbocycles. The van der Waals surface area contributed by atoms with E-state index >= 15 is 0 Å². The van der Waals surface area contributed by atoms with Gasteiger partial charge in [-0.05, 0) is 56.7 Å². The van der Waals surface area contributed by atoms with E-state index in [2.05, 4.69) is 20.7 Å². The third kappa shape index (κ3) is 3.51.